The number of hydrogen-bond acceptors (Lipinski definition) is 5. The average molecular weight is 272 g/mol. The monoisotopic (exact) mass is 272 g/mol. The molecule has 0 saturated carbocycles. The van der Waals surface area contributed by atoms with Gasteiger partial charge in [-0.25, -0.2) is 0 Å². The van der Waals surface area contributed by atoms with Crippen LogP contribution in [0.25, 0.3) is 10.9 Å². The van der Waals surface area contributed by atoms with Crippen molar-refractivity contribution in [3.63, 3.8) is 0 Å². The average Bonchev–Trinajstić information content (AvgIpc) is 3.05. The van der Waals surface area contributed by atoms with E-state index in [1.165, 1.54) is 23.5 Å². The van der Waals surface area contributed by atoms with E-state index in [1.807, 2.05) is 24.3 Å². The van der Waals surface area contributed by atoms with Crippen molar-refractivity contribution in [3.05, 3.63) is 42.2 Å². The number of H-pyrrole nitrogens is 1. The lowest BCUT2D eigenvalue weighted by molar-refractivity contribution is 1.45. The van der Waals surface area contributed by atoms with Gasteiger partial charge in [0.25, 0.3) is 0 Å². The van der Waals surface area contributed by atoms with E-state index in [9.17, 15) is 0 Å². The second kappa shape index (κ2) is 4.72. The molecule has 0 atom stereocenters. The molecule has 0 radical (unpaired) electrons. The lowest BCUT2D eigenvalue weighted by Crippen LogP contribution is -1.86. The Hall–Kier alpha value is -1.97. The zero-order valence-electron chi connectivity index (χ0n) is 9.18. The van der Waals surface area contributed by atoms with Crippen LogP contribution in [-0.4, -0.2) is 9.36 Å². The maximum Gasteiger partial charge on any atom is 0.101 e. The number of fused-ring (bicyclic) bond motifs is 1. The van der Waals surface area contributed by atoms with Gasteiger partial charge in [-0.15, -0.1) is 0 Å². The van der Waals surface area contributed by atoms with Crippen molar-refractivity contribution < 1.29 is 0 Å². The molecule has 2 heterocycles. The molecule has 0 spiro atoms. The van der Waals surface area contributed by atoms with Crippen molar-refractivity contribution in [1.29, 1.82) is 5.26 Å². The van der Waals surface area contributed by atoms with E-state index in [-0.39, 0.29) is 0 Å². The van der Waals surface area contributed by atoms with Gasteiger partial charge < -0.3 is 9.71 Å². The van der Waals surface area contributed by atoms with Crippen molar-refractivity contribution >= 4 is 40.1 Å². The van der Waals surface area contributed by atoms with E-state index in [0.717, 1.165) is 20.8 Å². The molecule has 3 rings (SSSR count). The number of anilines is 1. The molecular weight excluding hydrogens is 264 g/mol. The van der Waals surface area contributed by atoms with Gasteiger partial charge in [0.15, 0.2) is 0 Å². The number of nitriles is 1. The first-order valence-corrected chi connectivity index (χ1v) is 6.81. The molecule has 2 N–H and O–H groups in total. The van der Waals surface area contributed by atoms with Gasteiger partial charge in [0.05, 0.1) is 16.8 Å². The first-order chi connectivity index (χ1) is 8.88. The van der Waals surface area contributed by atoms with Crippen LogP contribution in [-0.2, 0) is 0 Å². The van der Waals surface area contributed by atoms with E-state index in [1.54, 1.807) is 12.4 Å². The van der Waals surface area contributed by atoms with Crippen LogP contribution in [0.15, 0.2) is 40.9 Å². The third-order valence-electron chi connectivity index (χ3n) is 2.51. The third kappa shape index (κ3) is 1.94. The molecule has 18 heavy (non-hydrogen) atoms. The van der Waals surface area contributed by atoms with Crippen molar-refractivity contribution in [2.75, 3.05) is 4.72 Å². The van der Waals surface area contributed by atoms with Gasteiger partial charge in [-0.3, -0.25) is 0 Å². The molecule has 0 bridgehead atoms. The first-order valence-electron chi connectivity index (χ1n) is 5.22. The minimum absolute atomic E-state index is 0.663. The normalized spacial score (nSPS) is 10.4. The summed E-state index contributed by atoms with van der Waals surface area (Å²) in [6.07, 6.45) is 3.50. The predicted molar refractivity (Wildman–Crippen MR) is 74.6 cm³/mol. The summed E-state index contributed by atoms with van der Waals surface area (Å²) in [6.45, 7) is 0. The van der Waals surface area contributed by atoms with Crippen LogP contribution in [0.4, 0.5) is 5.69 Å². The zero-order chi connectivity index (χ0) is 12.4. The van der Waals surface area contributed by atoms with E-state index < -0.39 is 0 Å². The first kappa shape index (κ1) is 11.1. The second-order valence-corrected chi connectivity index (χ2v) is 5.52. The van der Waals surface area contributed by atoms with Gasteiger partial charge in [-0.1, -0.05) is 12.1 Å². The summed E-state index contributed by atoms with van der Waals surface area (Å²) in [4.78, 5) is 3.13. The molecule has 0 aliphatic rings. The van der Waals surface area contributed by atoms with E-state index in [0.29, 0.717) is 5.56 Å². The Bertz CT molecular complexity index is 709. The lowest BCUT2D eigenvalue weighted by atomic mass is 10.2. The highest BCUT2D eigenvalue weighted by Gasteiger charge is 2.07. The maximum absolute atomic E-state index is 8.99. The molecule has 0 fully saturated rings. The van der Waals surface area contributed by atoms with Crippen molar-refractivity contribution in [2.24, 2.45) is 0 Å². The number of benzene rings is 1. The zero-order valence-corrected chi connectivity index (χ0v) is 10.8. The summed E-state index contributed by atoms with van der Waals surface area (Å²) in [7, 11) is 0. The Kier molecular flexibility index (Phi) is 2.92. The van der Waals surface area contributed by atoms with Gasteiger partial charge >= 0.3 is 0 Å². The van der Waals surface area contributed by atoms with Crippen LogP contribution in [0.3, 0.4) is 0 Å². The van der Waals surface area contributed by atoms with Gasteiger partial charge in [0.2, 0.25) is 0 Å². The summed E-state index contributed by atoms with van der Waals surface area (Å²) >= 11 is 2.96. The molecule has 88 valence electrons. The van der Waals surface area contributed by atoms with E-state index in [2.05, 4.69) is 20.1 Å². The van der Waals surface area contributed by atoms with Crippen LogP contribution < -0.4 is 4.72 Å². The highest BCUT2D eigenvalue weighted by Crippen LogP contribution is 2.29. The van der Waals surface area contributed by atoms with Crippen LogP contribution in [0, 0.1) is 11.3 Å². The largest absolute Gasteiger partial charge is 0.358 e. The molecule has 3 aromatic rings. The van der Waals surface area contributed by atoms with Crippen molar-refractivity contribution in [2.45, 2.75) is 4.21 Å². The predicted octanol–water partition coefficient (Wildman–Crippen LogP) is 3.62. The van der Waals surface area contributed by atoms with E-state index >= 15 is 0 Å². The number of aromatic amines is 1. The van der Waals surface area contributed by atoms with Crippen LogP contribution >= 0.6 is 23.5 Å². The number of para-hydroxylation sites is 1. The Morgan fingerprint density at radius 1 is 1.39 bits per heavy atom. The molecule has 1 aromatic carbocycles. The Morgan fingerprint density at radius 2 is 2.33 bits per heavy atom. The Labute approximate surface area is 112 Å². The summed E-state index contributed by atoms with van der Waals surface area (Å²) in [6, 6.07) is 9.98. The fourth-order valence-corrected chi connectivity index (χ4v) is 2.95. The molecule has 0 amide bonds. The highest BCUT2D eigenvalue weighted by molar-refractivity contribution is 8.02. The number of nitrogens with one attached hydrogen (secondary N) is 2. The smallest absolute Gasteiger partial charge is 0.101 e. The number of hydrogen-bond donors (Lipinski definition) is 2. The minimum atomic E-state index is 0.663. The van der Waals surface area contributed by atoms with Crippen molar-refractivity contribution in [3.8, 4) is 6.07 Å². The van der Waals surface area contributed by atoms with Crippen LogP contribution in [0.1, 0.15) is 5.56 Å². The number of aromatic nitrogens is 2. The molecule has 0 saturated heterocycles. The molecule has 4 nitrogen and oxygen atoms in total. The van der Waals surface area contributed by atoms with E-state index in [4.69, 9.17) is 5.26 Å². The Balaban J connectivity index is 1.93. The molecule has 6 heteroatoms. The summed E-state index contributed by atoms with van der Waals surface area (Å²) in [5.41, 5.74) is 2.58. The summed E-state index contributed by atoms with van der Waals surface area (Å²) < 4.78 is 8.41. The number of nitrogens with zero attached hydrogens (tertiary/aromatic N) is 2. The molecule has 0 unspecified atom stereocenters. The fourth-order valence-electron chi connectivity index (χ4n) is 1.69. The van der Waals surface area contributed by atoms with Gasteiger partial charge in [0, 0.05) is 17.8 Å². The molecule has 0 aliphatic heterocycles. The topological polar surface area (TPSA) is 64.5 Å². The van der Waals surface area contributed by atoms with Crippen molar-refractivity contribution in [1.82, 2.24) is 9.36 Å². The molecular formula is C12H8N4S2. The van der Waals surface area contributed by atoms with Crippen LogP contribution in [0.2, 0.25) is 0 Å². The van der Waals surface area contributed by atoms with Gasteiger partial charge in [0.1, 0.15) is 10.3 Å². The Morgan fingerprint density at radius 3 is 3.11 bits per heavy atom. The number of rotatable bonds is 3. The fraction of sp³-hybridized carbons (Fsp3) is 0. The molecule has 0 aliphatic carbocycles. The highest BCUT2D eigenvalue weighted by atomic mass is 32.2. The van der Waals surface area contributed by atoms with Gasteiger partial charge in [-0.2, -0.15) is 9.64 Å². The standard InChI is InChI=1S/C12H8N4S2/c13-6-8-7-14-12-9(8)2-1-3-10(12)16-18-11-4-5-15-17-11/h1-5,7,14,16H. The third-order valence-corrected chi connectivity index (χ3v) is 4.19. The maximum atomic E-state index is 8.99. The quantitative estimate of drug-likeness (QED) is 0.715. The van der Waals surface area contributed by atoms with Crippen LogP contribution in [0.5, 0.6) is 0 Å². The lowest BCUT2D eigenvalue weighted by Gasteiger charge is -2.04. The second-order valence-electron chi connectivity index (χ2n) is 3.58. The SMILES string of the molecule is N#Cc1c[nH]c2c(NSc3ccns3)cccc12. The summed E-state index contributed by atoms with van der Waals surface area (Å²) in [5, 5.41) is 9.93. The minimum Gasteiger partial charge on any atom is -0.358 e. The molecule has 2 aromatic heterocycles. The van der Waals surface area contributed by atoms with Gasteiger partial charge in [-0.05, 0) is 35.6 Å². The summed E-state index contributed by atoms with van der Waals surface area (Å²) in [5.74, 6) is 0.